The minimum atomic E-state index is 0. The number of nitrogens with one attached hydrogen (secondary N) is 1. The van der Waals surface area contributed by atoms with Crippen LogP contribution in [0.15, 0.2) is 30.3 Å². The van der Waals surface area contributed by atoms with Crippen LogP contribution in [-0.4, -0.2) is 12.1 Å². The maximum Gasteiger partial charge on any atom is 0.00815 e. The van der Waals surface area contributed by atoms with Gasteiger partial charge in [0.05, 0.1) is 0 Å². The van der Waals surface area contributed by atoms with Gasteiger partial charge in [-0.2, -0.15) is 0 Å². The van der Waals surface area contributed by atoms with Crippen LogP contribution in [0.2, 0.25) is 0 Å². The molecule has 0 aliphatic rings. The topological polar surface area (TPSA) is 12.0 Å². The van der Waals surface area contributed by atoms with Crippen molar-refractivity contribution in [3.63, 3.8) is 0 Å². The van der Waals surface area contributed by atoms with Crippen LogP contribution >= 0.6 is 12.4 Å². The van der Waals surface area contributed by atoms with Crippen molar-refractivity contribution in [1.29, 1.82) is 0 Å². The largest absolute Gasteiger partial charge is 0.312 e. The maximum atomic E-state index is 3.49. The van der Waals surface area contributed by atoms with Gasteiger partial charge in [-0.3, -0.25) is 0 Å². The van der Waals surface area contributed by atoms with Crippen LogP contribution in [0, 0.1) is 0 Å². The summed E-state index contributed by atoms with van der Waals surface area (Å²) in [6.07, 6.45) is 1.11. The van der Waals surface area contributed by atoms with Crippen molar-refractivity contribution in [2.24, 2.45) is 0 Å². The molecule has 80 valence electrons. The lowest BCUT2D eigenvalue weighted by atomic mass is 10.1. The van der Waals surface area contributed by atoms with Crippen LogP contribution in [0.25, 0.3) is 0 Å². The number of halogens is 1. The summed E-state index contributed by atoms with van der Waals surface area (Å²) in [5, 5.41) is 3.49. The van der Waals surface area contributed by atoms with E-state index in [2.05, 4.69) is 56.4 Å². The van der Waals surface area contributed by atoms with Crippen LogP contribution < -0.4 is 5.32 Å². The fourth-order valence-electron chi connectivity index (χ4n) is 1.60. The first kappa shape index (κ1) is 13.5. The number of benzene rings is 1. The van der Waals surface area contributed by atoms with E-state index in [1.807, 2.05) is 0 Å². The van der Waals surface area contributed by atoms with Crippen LogP contribution in [0.4, 0.5) is 0 Å². The zero-order valence-electron chi connectivity index (χ0n) is 9.16. The third-order valence-electron chi connectivity index (χ3n) is 2.00. The molecule has 0 radical (unpaired) electrons. The van der Waals surface area contributed by atoms with Gasteiger partial charge in [0.2, 0.25) is 0 Å². The minimum Gasteiger partial charge on any atom is -0.312 e. The molecular formula is C12H20ClN. The highest BCUT2D eigenvalue weighted by Crippen LogP contribution is 2.02. The lowest BCUT2D eigenvalue weighted by Gasteiger charge is -2.16. The molecule has 1 nitrogen and oxygen atoms in total. The summed E-state index contributed by atoms with van der Waals surface area (Å²) in [7, 11) is 0. The van der Waals surface area contributed by atoms with E-state index in [0.29, 0.717) is 12.1 Å². The molecule has 0 aliphatic carbocycles. The van der Waals surface area contributed by atoms with Crippen molar-refractivity contribution in [3.05, 3.63) is 35.9 Å². The molecule has 0 heterocycles. The highest BCUT2D eigenvalue weighted by atomic mass is 35.5. The Hall–Kier alpha value is -0.530. The van der Waals surface area contributed by atoms with E-state index in [9.17, 15) is 0 Å². The Labute approximate surface area is 93.3 Å². The molecule has 0 aromatic heterocycles. The van der Waals surface area contributed by atoms with Crippen molar-refractivity contribution in [1.82, 2.24) is 5.32 Å². The van der Waals surface area contributed by atoms with Gasteiger partial charge in [-0.25, -0.2) is 0 Å². The summed E-state index contributed by atoms with van der Waals surface area (Å²) >= 11 is 0. The molecule has 0 bridgehead atoms. The molecule has 14 heavy (non-hydrogen) atoms. The van der Waals surface area contributed by atoms with Gasteiger partial charge in [0.25, 0.3) is 0 Å². The molecule has 1 atom stereocenters. The Morgan fingerprint density at radius 1 is 1.07 bits per heavy atom. The third kappa shape index (κ3) is 5.25. The summed E-state index contributed by atoms with van der Waals surface area (Å²) in [5.74, 6) is 0. The van der Waals surface area contributed by atoms with E-state index in [1.165, 1.54) is 5.56 Å². The minimum absolute atomic E-state index is 0. The van der Waals surface area contributed by atoms with Gasteiger partial charge >= 0.3 is 0 Å². The summed E-state index contributed by atoms with van der Waals surface area (Å²) in [4.78, 5) is 0. The Morgan fingerprint density at radius 3 is 2.14 bits per heavy atom. The van der Waals surface area contributed by atoms with Crippen molar-refractivity contribution in [3.8, 4) is 0 Å². The van der Waals surface area contributed by atoms with Gasteiger partial charge in [-0.05, 0) is 18.9 Å². The Bertz CT molecular complexity index is 233. The van der Waals surface area contributed by atoms with E-state index in [4.69, 9.17) is 0 Å². The molecule has 1 N–H and O–H groups in total. The average molecular weight is 214 g/mol. The molecule has 0 aliphatic heterocycles. The highest BCUT2D eigenvalue weighted by molar-refractivity contribution is 5.85. The lowest BCUT2D eigenvalue weighted by Crippen LogP contribution is -2.33. The van der Waals surface area contributed by atoms with Gasteiger partial charge in [0.15, 0.2) is 0 Å². The van der Waals surface area contributed by atoms with Crippen LogP contribution in [0.5, 0.6) is 0 Å². The number of hydrogen-bond acceptors (Lipinski definition) is 1. The Morgan fingerprint density at radius 2 is 1.64 bits per heavy atom. The van der Waals surface area contributed by atoms with Gasteiger partial charge in [-0.15, -0.1) is 12.4 Å². The predicted molar refractivity (Wildman–Crippen MR) is 65.1 cm³/mol. The zero-order valence-corrected chi connectivity index (χ0v) is 9.97. The monoisotopic (exact) mass is 213 g/mol. The van der Waals surface area contributed by atoms with Crippen LogP contribution in [-0.2, 0) is 6.42 Å². The SMILES string of the molecule is CC(C)NC(C)Cc1ccccc1.Cl. The van der Waals surface area contributed by atoms with E-state index in [-0.39, 0.29) is 12.4 Å². The first-order valence-electron chi connectivity index (χ1n) is 4.98. The number of hydrogen-bond donors (Lipinski definition) is 1. The van der Waals surface area contributed by atoms with E-state index < -0.39 is 0 Å². The van der Waals surface area contributed by atoms with Gasteiger partial charge in [-0.1, -0.05) is 44.2 Å². The second-order valence-electron chi connectivity index (χ2n) is 3.91. The second kappa shape index (κ2) is 6.86. The fourth-order valence-corrected chi connectivity index (χ4v) is 1.60. The standard InChI is InChI=1S/C12H19N.ClH/c1-10(2)13-11(3)9-12-7-5-4-6-8-12;/h4-8,10-11,13H,9H2,1-3H3;1H. The van der Waals surface area contributed by atoms with Crippen molar-refractivity contribution >= 4 is 12.4 Å². The van der Waals surface area contributed by atoms with Gasteiger partial charge in [0, 0.05) is 12.1 Å². The smallest absolute Gasteiger partial charge is 0.00815 e. The Balaban J connectivity index is 0.00000169. The molecule has 1 rings (SSSR count). The van der Waals surface area contributed by atoms with E-state index in [0.717, 1.165) is 6.42 Å². The maximum absolute atomic E-state index is 3.49. The highest BCUT2D eigenvalue weighted by Gasteiger charge is 2.03. The quantitative estimate of drug-likeness (QED) is 0.811. The molecule has 0 saturated heterocycles. The fraction of sp³-hybridized carbons (Fsp3) is 0.500. The normalized spacial score (nSPS) is 12.3. The van der Waals surface area contributed by atoms with Crippen molar-refractivity contribution in [2.45, 2.75) is 39.3 Å². The molecule has 1 aromatic carbocycles. The van der Waals surface area contributed by atoms with Crippen LogP contribution in [0.3, 0.4) is 0 Å². The molecule has 1 unspecified atom stereocenters. The number of rotatable bonds is 4. The summed E-state index contributed by atoms with van der Waals surface area (Å²) in [6.45, 7) is 6.59. The van der Waals surface area contributed by atoms with Crippen molar-refractivity contribution in [2.75, 3.05) is 0 Å². The van der Waals surface area contributed by atoms with Crippen molar-refractivity contribution < 1.29 is 0 Å². The van der Waals surface area contributed by atoms with Gasteiger partial charge < -0.3 is 5.32 Å². The summed E-state index contributed by atoms with van der Waals surface area (Å²) < 4.78 is 0. The predicted octanol–water partition coefficient (Wildman–Crippen LogP) is 3.04. The molecular weight excluding hydrogens is 194 g/mol. The first-order valence-corrected chi connectivity index (χ1v) is 4.98. The summed E-state index contributed by atoms with van der Waals surface area (Å²) in [5.41, 5.74) is 1.41. The average Bonchev–Trinajstić information content (AvgIpc) is 2.04. The molecule has 1 aromatic rings. The Kier molecular flexibility index (Phi) is 6.60. The lowest BCUT2D eigenvalue weighted by molar-refractivity contribution is 0.488. The second-order valence-corrected chi connectivity index (χ2v) is 3.91. The van der Waals surface area contributed by atoms with Crippen LogP contribution in [0.1, 0.15) is 26.3 Å². The molecule has 0 amide bonds. The molecule has 0 saturated carbocycles. The first-order chi connectivity index (χ1) is 6.18. The molecule has 0 spiro atoms. The van der Waals surface area contributed by atoms with E-state index >= 15 is 0 Å². The third-order valence-corrected chi connectivity index (χ3v) is 2.00. The van der Waals surface area contributed by atoms with Gasteiger partial charge in [0.1, 0.15) is 0 Å². The summed E-state index contributed by atoms with van der Waals surface area (Å²) in [6, 6.07) is 11.7. The van der Waals surface area contributed by atoms with E-state index in [1.54, 1.807) is 0 Å². The molecule has 0 fully saturated rings. The zero-order chi connectivity index (χ0) is 9.68. The molecule has 2 heteroatoms.